The Labute approximate surface area is 353 Å². The van der Waals surface area contributed by atoms with Gasteiger partial charge in [0.15, 0.2) is 11.5 Å². The number of methoxy groups -OCH3 is 2. The van der Waals surface area contributed by atoms with E-state index in [1.807, 2.05) is 48.5 Å². The largest absolute Gasteiger partial charge is 0.487 e. The van der Waals surface area contributed by atoms with Gasteiger partial charge in [0.1, 0.15) is 18.7 Å². The molecule has 0 saturated heterocycles. The summed E-state index contributed by atoms with van der Waals surface area (Å²) in [5.74, 6) is 0.483. The number of aromatic amines is 1. The molecule has 57 heavy (non-hydrogen) atoms. The Morgan fingerprint density at radius 1 is 0.649 bits per heavy atom. The van der Waals surface area contributed by atoms with Crippen molar-refractivity contribution >= 4 is 76.9 Å². The summed E-state index contributed by atoms with van der Waals surface area (Å²) in [7, 11) is 3.09. The number of nitrogens with zero attached hydrogens (tertiary/aromatic N) is 3. The van der Waals surface area contributed by atoms with Gasteiger partial charge in [-0.1, -0.05) is 79.3 Å². The molecule has 17 heteroatoms. The number of aliphatic hydroxyl groups is 1. The van der Waals surface area contributed by atoms with Crippen molar-refractivity contribution in [2.75, 3.05) is 40.6 Å². The number of hydrogen-bond acceptors (Lipinski definition) is 9. The van der Waals surface area contributed by atoms with Crippen LogP contribution < -0.4 is 32.0 Å². The topological polar surface area (TPSA) is 156 Å². The number of hydrogen-bond donors (Lipinski definition) is 2. The SMILES string of the molecule is COCCOc1c(Cl)ccc2c(=O)n(Cc3ccc(Br)cc3)c(=O)[nH]c12.COCCOc1c(Cl)ccc2c(=O)n(Cc3ccc(Br)cc3)c(=O)n(CC(C)(C)O)c12. The summed E-state index contributed by atoms with van der Waals surface area (Å²) in [5, 5.41) is 11.6. The highest BCUT2D eigenvalue weighted by Crippen LogP contribution is 2.33. The lowest BCUT2D eigenvalue weighted by Crippen LogP contribution is -2.43. The molecular formula is C40H40Br2Cl2N4O9. The van der Waals surface area contributed by atoms with Crippen molar-refractivity contribution in [3.63, 3.8) is 0 Å². The number of nitrogens with one attached hydrogen (secondary N) is 1. The summed E-state index contributed by atoms with van der Waals surface area (Å²) in [5.41, 5.74) is -0.979. The van der Waals surface area contributed by atoms with Crippen LogP contribution in [0.15, 0.2) is 101 Å². The first-order chi connectivity index (χ1) is 27.1. The summed E-state index contributed by atoms with van der Waals surface area (Å²) >= 11 is 19.3. The highest BCUT2D eigenvalue weighted by Gasteiger charge is 2.24. The molecule has 0 saturated carbocycles. The van der Waals surface area contributed by atoms with E-state index in [2.05, 4.69) is 36.8 Å². The van der Waals surface area contributed by atoms with E-state index in [9.17, 15) is 24.3 Å². The van der Waals surface area contributed by atoms with Crippen LogP contribution in [0.4, 0.5) is 0 Å². The van der Waals surface area contributed by atoms with Crippen molar-refractivity contribution in [3.05, 3.63) is 145 Å². The molecule has 302 valence electrons. The number of ether oxygens (including phenoxy) is 4. The highest BCUT2D eigenvalue weighted by atomic mass is 79.9. The lowest BCUT2D eigenvalue weighted by atomic mass is 10.1. The summed E-state index contributed by atoms with van der Waals surface area (Å²) < 4.78 is 26.8. The van der Waals surface area contributed by atoms with Crippen molar-refractivity contribution in [2.24, 2.45) is 0 Å². The second-order valence-corrected chi connectivity index (χ2v) is 16.0. The molecule has 2 aromatic heterocycles. The molecule has 0 fully saturated rings. The van der Waals surface area contributed by atoms with Crippen LogP contribution in [0.1, 0.15) is 25.0 Å². The molecule has 0 spiro atoms. The van der Waals surface area contributed by atoms with Gasteiger partial charge >= 0.3 is 11.4 Å². The molecule has 13 nitrogen and oxygen atoms in total. The van der Waals surface area contributed by atoms with E-state index in [1.54, 1.807) is 52.3 Å². The van der Waals surface area contributed by atoms with Gasteiger partial charge < -0.3 is 29.0 Å². The average molecular weight is 951 g/mol. The maximum absolute atomic E-state index is 13.4. The van der Waals surface area contributed by atoms with Gasteiger partial charge in [-0.15, -0.1) is 0 Å². The molecule has 0 radical (unpaired) electrons. The quantitative estimate of drug-likeness (QED) is 0.115. The molecule has 4 aromatic carbocycles. The Kier molecular flexibility index (Phi) is 15.0. The molecule has 6 aromatic rings. The summed E-state index contributed by atoms with van der Waals surface area (Å²) in [6.45, 7) is 4.49. The predicted octanol–water partition coefficient (Wildman–Crippen LogP) is 6.60. The fourth-order valence-electron chi connectivity index (χ4n) is 5.83. The monoisotopic (exact) mass is 948 g/mol. The first kappa shape index (κ1) is 43.9. The lowest BCUT2D eigenvalue weighted by Gasteiger charge is -2.23. The van der Waals surface area contributed by atoms with E-state index < -0.39 is 28.1 Å². The number of fused-ring (bicyclic) bond motifs is 2. The van der Waals surface area contributed by atoms with Crippen molar-refractivity contribution in [2.45, 2.75) is 39.1 Å². The third-order valence-electron chi connectivity index (χ3n) is 8.47. The second kappa shape index (κ2) is 19.5. The average Bonchev–Trinajstić information content (AvgIpc) is 3.16. The van der Waals surface area contributed by atoms with Crippen molar-refractivity contribution < 1.29 is 24.1 Å². The Balaban J connectivity index is 0.000000221. The molecule has 0 bridgehead atoms. The summed E-state index contributed by atoms with van der Waals surface area (Å²) in [4.78, 5) is 54.7. The molecule has 6 rings (SSSR count). The van der Waals surface area contributed by atoms with E-state index in [-0.39, 0.29) is 65.8 Å². The molecule has 0 aliphatic carbocycles. The number of rotatable bonds is 14. The van der Waals surface area contributed by atoms with Gasteiger partial charge in [0.2, 0.25) is 0 Å². The van der Waals surface area contributed by atoms with Gasteiger partial charge in [0, 0.05) is 23.2 Å². The lowest BCUT2D eigenvalue weighted by molar-refractivity contribution is 0.0608. The Morgan fingerprint density at radius 3 is 1.65 bits per heavy atom. The van der Waals surface area contributed by atoms with Crippen LogP contribution in [-0.4, -0.2) is 70.0 Å². The van der Waals surface area contributed by atoms with Crippen LogP contribution in [-0.2, 0) is 29.1 Å². The minimum Gasteiger partial charge on any atom is -0.487 e. The Bertz CT molecular complexity index is 2600. The zero-order valence-corrected chi connectivity index (χ0v) is 36.1. The zero-order valence-electron chi connectivity index (χ0n) is 31.4. The smallest absolute Gasteiger partial charge is 0.332 e. The van der Waals surface area contributed by atoms with Gasteiger partial charge in [-0.2, -0.15) is 0 Å². The maximum Gasteiger partial charge on any atom is 0.332 e. The fraction of sp³-hybridized carbons (Fsp3) is 0.300. The van der Waals surface area contributed by atoms with Crippen molar-refractivity contribution in [1.29, 1.82) is 0 Å². The van der Waals surface area contributed by atoms with Crippen LogP contribution in [0.5, 0.6) is 11.5 Å². The minimum atomic E-state index is -1.22. The van der Waals surface area contributed by atoms with Gasteiger partial charge in [-0.05, 0) is 73.5 Å². The standard InChI is InChI=1S/C22H24BrClN2O5.C18H16BrClN2O4/c1-22(2,29)13-26-18-16(8-9-17(24)19(18)31-11-10-30-3)20(27)25(21(26)28)12-14-4-6-15(23)7-5-14;1-25-8-9-26-16-14(20)7-6-13-15(16)21-18(24)22(17(13)23)10-11-2-4-12(19)5-3-11/h4-9,29H,10-13H2,1-3H3;2-7H,8-10H2,1H3,(H,21,24). The maximum atomic E-state index is 13.4. The molecule has 2 heterocycles. The van der Waals surface area contributed by atoms with Crippen molar-refractivity contribution in [1.82, 2.24) is 18.7 Å². The molecular weight excluding hydrogens is 911 g/mol. The van der Waals surface area contributed by atoms with Gasteiger partial charge in [0.05, 0.1) is 64.8 Å². The molecule has 2 N–H and O–H groups in total. The van der Waals surface area contributed by atoms with E-state index in [1.165, 1.54) is 4.57 Å². The van der Waals surface area contributed by atoms with Crippen LogP contribution in [0.2, 0.25) is 10.0 Å². The van der Waals surface area contributed by atoms with E-state index >= 15 is 0 Å². The molecule has 0 aliphatic heterocycles. The predicted molar refractivity (Wildman–Crippen MR) is 229 cm³/mol. The minimum absolute atomic E-state index is 0.0517. The summed E-state index contributed by atoms with van der Waals surface area (Å²) in [6, 6.07) is 21.1. The molecule has 0 unspecified atom stereocenters. The van der Waals surface area contributed by atoms with Crippen LogP contribution in [0, 0.1) is 0 Å². The number of halogens is 4. The van der Waals surface area contributed by atoms with E-state index in [4.69, 9.17) is 42.1 Å². The highest BCUT2D eigenvalue weighted by molar-refractivity contribution is 9.10. The number of aromatic nitrogens is 4. The Morgan fingerprint density at radius 2 is 1.12 bits per heavy atom. The van der Waals surface area contributed by atoms with Gasteiger partial charge in [-0.3, -0.25) is 23.3 Å². The Hall–Kier alpha value is -4.22. The number of H-pyrrole nitrogens is 1. The zero-order chi connectivity index (χ0) is 41.4. The molecule has 0 amide bonds. The van der Waals surface area contributed by atoms with Gasteiger partial charge in [-0.25, -0.2) is 9.59 Å². The fourth-order valence-corrected chi connectivity index (χ4v) is 6.77. The molecule has 0 atom stereocenters. The second-order valence-electron chi connectivity index (χ2n) is 13.4. The molecule has 0 aliphatic rings. The van der Waals surface area contributed by atoms with Crippen molar-refractivity contribution in [3.8, 4) is 11.5 Å². The van der Waals surface area contributed by atoms with E-state index in [0.717, 1.165) is 29.2 Å². The van der Waals surface area contributed by atoms with E-state index in [0.29, 0.717) is 23.6 Å². The van der Waals surface area contributed by atoms with Crippen LogP contribution >= 0.6 is 55.1 Å². The van der Waals surface area contributed by atoms with Gasteiger partial charge in [0.25, 0.3) is 11.1 Å². The number of benzene rings is 4. The third-order valence-corrected chi connectivity index (χ3v) is 10.1. The summed E-state index contributed by atoms with van der Waals surface area (Å²) in [6.07, 6.45) is 0. The third kappa shape index (κ3) is 10.8. The van der Waals surface area contributed by atoms with Crippen LogP contribution in [0.25, 0.3) is 21.8 Å². The van der Waals surface area contributed by atoms with Crippen LogP contribution in [0.3, 0.4) is 0 Å². The normalized spacial score (nSPS) is 11.5. The first-order valence-corrected chi connectivity index (χ1v) is 19.8. The first-order valence-electron chi connectivity index (χ1n) is 17.5.